The average Bonchev–Trinajstić information content (AvgIpc) is 3.13. The second-order valence-electron chi connectivity index (χ2n) is 7.74. The van der Waals surface area contributed by atoms with E-state index in [0.717, 1.165) is 47.7 Å². The maximum absolute atomic E-state index is 6.01. The number of nitrogens with zero attached hydrogens (tertiary/aromatic N) is 2. The van der Waals surface area contributed by atoms with Gasteiger partial charge in [-0.1, -0.05) is 35.9 Å². The third kappa shape index (κ3) is 5.39. The summed E-state index contributed by atoms with van der Waals surface area (Å²) >= 11 is 5.96. The van der Waals surface area contributed by atoms with Crippen molar-refractivity contribution in [2.24, 2.45) is 0 Å². The van der Waals surface area contributed by atoms with Crippen LogP contribution in [0.4, 0.5) is 0 Å². The molecule has 0 aliphatic heterocycles. The Bertz CT molecular complexity index is 1150. The highest BCUT2D eigenvalue weighted by Gasteiger charge is 2.11. The fourth-order valence-corrected chi connectivity index (χ4v) is 3.71. The number of unbranched alkanes of at least 4 members (excludes halogenated alkanes) is 1. The van der Waals surface area contributed by atoms with Crippen LogP contribution in [-0.2, 0) is 13.2 Å². The van der Waals surface area contributed by atoms with Crippen LogP contribution in [0, 0.1) is 13.8 Å². The van der Waals surface area contributed by atoms with Crippen LogP contribution in [-0.4, -0.2) is 16.2 Å². The lowest BCUT2D eigenvalue weighted by molar-refractivity contribution is 0.284. The van der Waals surface area contributed by atoms with Crippen molar-refractivity contribution in [3.63, 3.8) is 0 Å². The van der Waals surface area contributed by atoms with E-state index < -0.39 is 0 Å². The normalized spacial score (nSPS) is 11.1. The molecule has 0 bridgehead atoms. The van der Waals surface area contributed by atoms with Crippen molar-refractivity contribution in [2.75, 3.05) is 6.61 Å². The zero-order chi connectivity index (χ0) is 21.6. The lowest BCUT2D eigenvalue weighted by atomic mass is 10.1. The van der Waals surface area contributed by atoms with Crippen LogP contribution in [0.3, 0.4) is 0 Å². The number of fused-ring (bicyclic) bond motifs is 1. The van der Waals surface area contributed by atoms with Crippen LogP contribution in [0.1, 0.15) is 29.8 Å². The summed E-state index contributed by atoms with van der Waals surface area (Å²) in [5.74, 6) is 2.68. The fourth-order valence-electron chi connectivity index (χ4n) is 3.58. The fraction of sp³-hybridized carbons (Fsp3) is 0.269. The van der Waals surface area contributed by atoms with Gasteiger partial charge in [0.2, 0.25) is 0 Å². The summed E-state index contributed by atoms with van der Waals surface area (Å²) in [7, 11) is 0. The molecule has 0 fully saturated rings. The van der Waals surface area contributed by atoms with Gasteiger partial charge in [-0.05, 0) is 80.3 Å². The molecule has 0 aliphatic rings. The Balaban J connectivity index is 1.38. The van der Waals surface area contributed by atoms with Crippen molar-refractivity contribution in [1.29, 1.82) is 0 Å². The van der Waals surface area contributed by atoms with E-state index in [-0.39, 0.29) is 0 Å². The number of aryl methyl sites for hydroxylation is 3. The number of imidazole rings is 1. The monoisotopic (exact) mass is 434 g/mol. The van der Waals surface area contributed by atoms with Crippen LogP contribution in [0.5, 0.6) is 11.5 Å². The number of ether oxygens (including phenoxy) is 2. The Hall–Kier alpha value is -2.98. The summed E-state index contributed by atoms with van der Waals surface area (Å²) in [5, 5.41) is 0.697. The van der Waals surface area contributed by atoms with Gasteiger partial charge in [-0.3, -0.25) is 0 Å². The van der Waals surface area contributed by atoms with Gasteiger partial charge in [0.1, 0.15) is 23.9 Å². The summed E-state index contributed by atoms with van der Waals surface area (Å²) in [6.45, 7) is 6.16. The largest absolute Gasteiger partial charge is 0.493 e. The first kappa shape index (κ1) is 21.3. The van der Waals surface area contributed by atoms with Crippen molar-refractivity contribution in [3.05, 3.63) is 88.7 Å². The van der Waals surface area contributed by atoms with Gasteiger partial charge in [-0.2, -0.15) is 0 Å². The summed E-state index contributed by atoms with van der Waals surface area (Å²) < 4.78 is 14.2. The maximum Gasteiger partial charge on any atom is 0.147 e. The number of halogens is 1. The zero-order valence-corrected chi connectivity index (χ0v) is 18.7. The second kappa shape index (κ2) is 9.88. The molecular formula is C26H27ClN2O2. The van der Waals surface area contributed by atoms with Crippen LogP contribution >= 0.6 is 11.6 Å². The maximum atomic E-state index is 6.01. The van der Waals surface area contributed by atoms with Gasteiger partial charge in [0.25, 0.3) is 0 Å². The standard InChI is InChI=1S/C26H27ClN2O2/c1-19-9-10-20(2)25(17-19)30-16-6-5-15-29-24-8-4-3-7-23(24)28-26(29)18-31-22-13-11-21(27)12-14-22/h3-4,7-14,17H,5-6,15-16,18H2,1-2H3. The van der Waals surface area contributed by atoms with Crippen molar-refractivity contribution in [1.82, 2.24) is 9.55 Å². The molecule has 0 amide bonds. The molecule has 0 N–H and O–H groups in total. The number of hydrogen-bond acceptors (Lipinski definition) is 3. The molecule has 4 nitrogen and oxygen atoms in total. The molecule has 1 aromatic heterocycles. The van der Waals surface area contributed by atoms with E-state index in [1.54, 1.807) is 0 Å². The van der Waals surface area contributed by atoms with Crippen molar-refractivity contribution in [3.8, 4) is 11.5 Å². The van der Waals surface area contributed by atoms with Crippen molar-refractivity contribution >= 4 is 22.6 Å². The first-order valence-electron chi connectivity index (χ1n) is 10.6. The van der Waals surface area contributed by atoms with E-state index in [2.05, 4.69) is 42.7 Å². The molecule has 0 aliphatic carbocycles. The first-order valence-corrected chi connectivity index (χ1v) is 11.0. The average molecular weight is 435 g/mol. The highest BCUT2D eigenvalue weighted by Crippen LogP contribution is 2.22. The lowest BCUT2D eigenvalue weighted by Crippen LogP contribution is -2.09. The van der Waals surface area contributed by atoms with Crippen LogP contribution in [0.2, 0.25) is 5.02 Å². The number of rotatable bonds is 9. The van der Waals surface area contributed by atoms with Gasteiger partial charge in [-0.25, -0.2) is 4.98 Å². The Morgan fingerprint density at radius 1 is 0.903 bits per heavy atom. The van der Waals surface area contributed by atoms with E-state index in [1.807, 2.05) is 42.5 Å². The summed E-state index contributed by atoms with van der Waals surface area (Å²) in [5.41, 5.74) is 4.51. The molecule has 0 unspecified atom stereocenters. The molecule has 160 valence electrons. The molecule has 0 atom stereocenters. The number of hydrogen-bond donors (Lipinski definition) is 0. The number of para-hydroxylation sites is 2. The zero-order valence-electron chi connectivity index (χ0n) is 18.0. The quantitative estimate of drug-likeness (QED) is 0.273. The van der Waals surface area contributed by atoms with Gasteiger partial charge in [0.05, 0.1) is 17.6 Å². The molecule has 0 saturated carbocycles. The predicted octanol–water partition coefficient (Wildman–Crippen LogP) is 6.74. The molecule has 3 aromatic carbocycles. The van der Waals surface area contributed by atoms with Crippen molar-refractivity contribution < 1.29 is 9.47 Å². The minimum atomic E-state index is 0.412. The minimum absolute atomic E-state index is 0.412. The smallest absolute Gasteiger partial charge is 0.147 e. The SMILES string of the molecule is Cc1ccc(C)c(OCCCCn2c(COc3ccc(Cl)cc3)nc3ccccc32)c1. The predicted molar refractivity (Wildman–Crippen MR) is 126 cm³/mol. The highest BCUT2D eigenvalue weighted by molar-refractivity contribution is 6.30. The van der Waals surface area contributed by atoms with E-state index >= 15 is 0 Å². The third-order valence-electron chi connectivity index (χ3n) is 5.29. The van der Waals surface area contributed by atoms with Crippen molar-refractivity contribution in [2.45, 2.75) is 39.8 Å². The van der Waals surface area contributed by atoms with E-state index in [9.17, 15) is 0 Å². The summed E-state index contributed by atoms with van der Waals surface area (Å²) in [4.78, 5) is 4.79. The van der Waals surface area contributed by atoms with Gasteiger partial charge < -0.3 is 14.0 Å². The minimum Gasteiger partial charge on any atom is -0.493 e. The molecule has 0 radical (unpaired) electrons. The molecule has 4 aromatic rings. The molecule has 0 spiro atoms. The third-order valence-corrected chi connectivity index (χ3v) is 5.54. The summed E-state index contributed by atoms with van der Waals surface area (Å²) in [6.07, 6.45) is 1.97. The van der Waals surface area contributed by atoms with Gasteiger partial charge in [0, 0.05) is 11.6 Å². The molecule has 4 rings (SSSR count). The van der Waals surface area contributed by atoms with E-state index in [4.69, 9.17) is 26.1 Å². The Labute approximate surface area is 188 Å². The Kier molecular flexibility index (Phi) is 6.78. The second-order valence-corrected chi connectivity index (χ2v) is 8.17. The van der Waals surface area contributed by atoms with Gasteiger partial charge >= 0.3 is 0 Å². The Morgan fingerprint density at radius 3 is 2.55 bits per heavy atom. The van der Waals surface area contributed by atoms with Crippen LogP contribution in [0.15, 0.2) is 66.7 Å². The van der Waals surface area contributed by atoms with Gasteiger partial charge in [0.15, 0.2) is 0 Å². The number of benzene rings is 3. The lowest BCUT2D eigenvalue weighted by Gasteiger charge is -2.12. The molecule has 1 heterocycles. The molecule has 31 heavy (non-hydrogen) atoms. The highest BCUT2D eigenvalue weighted by atomic mass is 35.5. The topological polar surface area (TPSA) is 36.3 Å². The molecular weight excluding hydrogens is 408 g/mol. The first-order chi connectivity index (χ1) is 15.1. The van der Waals surface area contributed by atoms with Gasteiger partial charge in [-0.15, -0.1) is 0 Å². The van der Waals surface area contributed by atoms with Crippen LogP contribution < -0.4 is 9.47 Å². The Morgan fingerprint density at radius 2 is 1.71 bits per heavy atom. The van der Waals surface area contributed by atoms with E-state index in [0.29, 0.717) is 18.2 Å². The summed E-state index contributed by atoms with van der Waals surface area (Å²) in [6, 6.07) is 21.9. The van der Waals surface area contributed by atoms with Crippen LogP contribution in [0.25, 0.3) is 11.0 Å². The molecule has 5 heteroatoms. The number of aromatic nitrogens is 2. The molecule has 0 saturated heterocycles. The van der Waals surface area contributed by atoms with E-state index in [1.165, 1.54) is 11.1 Å².